The van der Waals surface area contributed by atoms with E-state index in [4.69, 9.17) is 11.6 Å². The van der Waals surface area contributed by atoms with Gasteiger partial charge in [0.1, 0.15) is 0 Å². The zero-order valence-electron chi connectivity index (χ0n) is 9.86. The summed E-state index contributed by atoms with van der Waals surface area (Å²) in [6.45, 7) is 0.832. The minimum absolute atomic E-state index is 0.123. The lowest BCUT2D eigenvalue weighted by Crippen LogP contribution is -2.36. The van der Waals surface area contributed by atoms with E-state index in [1.54, 1.807) is 11.8 Å². The van der Waals surface area contributed by atoms with Gasteiger partial charge in [-0.3, -0.25) is 4.79 Å². The van der Waals surface area contributed by atoms with E-state index in [0.29, 0.717) is 5.88 Å². The van der Waals surface area contributed by atoms with Crippen molar-refractivity contribution in [3.63, 3.8) is 0 Å². The highest BCUT2D eigenvalue weighted by molar-refractivity contribution is 7.98. The van der Waals surface area contributed by atoms with Crippen LogP contribution in [0.5, 0.6) is 0 Å². The summed E-state index contributed by atoms with van der Waals surface area (Å²) in [6.07, 6.45) is 4.08. The highest BCUT2D eigenvalue weighted by atomic mass is 35.5. The maximum Gasteiger partial charge on any atom is 0.255 e. The summed E-state index contributed by atoms with van der Waals surface area (Å²) in [5, 5.41) is 0. The molecule has 0 bridgehead atoms. The fourth-order valence-corrected chi connectivity index (χ4v) is 3.15. The van der Waals surface area contributed by atoms with Crippen molar-refractivity contribution in [2.75, 3.05) is 18.7 Å². The van der Waals surface area contributed by atoms with Crippen molar-refractivity contribution in [1.29, 1.82) is 0 Å². The number of nitrogens with zero attached hydrogens (tertiary/aromatic N) is 1. The summed E-state index contributed by atoms with van der Waals surface area (Å²) in [5.74, 6) is 0.658. The maximum atomic E-state index is 12.4. The normalized spacial score (nSPS) is 19.6. The summed E-state index contributed by atoms with van der Waals surface area (Å²) in [4.78, 5) is 15.4. The Labute approximate surface area is 111 Å². The van der Waals surface area contributed by atoms with Crippen LogP contribution in [0.15, 0.2) is 29.2 Å². The SMILES string of the molecule is CSc1ccccc1C(=O)N1CCCC1CCl. The quantitative estimate of drug-likeness (QED) is 0.620. The molecule has 1 heterocycles. The van der Waals surface area contributed by atoms with E-state index in [0.717, 1.165) is 29.8 Å². The number of carbonyl (C=O) groups is 1. The van der Waals surface area contributed by atoms with Crippen LogP contribution in [0.4, 0.5) is 0 Å². The van der Waals surface area contributed by atoms with Crippen LogP contribution in [0.25, 0.3) is 0 Å². The topological polar surface area (TPSA) is 20.3 Å². The Bertz CT molecular complexity index is 410. The molecule has 92 valence electrons. The number of halogens is 1. The third-order valence-electron chi connectivity index (χ3n) is 3.15. The average Bonchev–Trinajstić information content (AvgIpc) is 2.86. The van der Waals surface area contributed by atoms with Crippen LogP contribution in [-0.4, -0.2) is 35.5 Å². The molecule has 0 spiro atoms. The molecule has 1 aromatic carbocycles. The average molecular weight is 270 g/mol. The molecule has 1 atom stereocenters. The summed E-state index contributed by atoms with van der Waals surface area (Å²) in [5.41, 5.74) is 0.803. The summed E-state index contributed by atoms with van der Waals surface area (Å²) >= 11 is 7.52. The van der Waals surface area contributed by atoms with Gasteiger partial charge in [-0.25, -0.2) is 0 Å². The van der Waals surface area contributed by atoms with Gasteiger partial charge >= 0.3 is 0 Å². The molecule has 1 unspecified atom stereocenters. The zero-order valence-corrected chi connectivity index (χ0v) is 11.4. The van der Waals surface area contributed by atoms with Crippen LogP contribution in [0.2, 0.25) is 0 Å². The van der Waals surface area contributed by atoms with Gasteiger partial charge in [-0.15, -0.1) is 23.4 Å². The molecule has 0 saturated carbocycles. The first-order valence-corrected chi connectivity index (χ1v) is 7.53. The predicted octanol–water partition coefficient (Wildman–Crippen LogP) is 3.25. The monoisotopic (exact) mass is 269 g/mol. The van der Waals surface area contributed by atoms with Gasteiger partial charge in [0.15, 0.2) is 0 Å². The number of benzene rings is 1. The zero-order chi connectivity index (χ0) is 12.3. The number of alkyl halides is 1. The standard InChI is InChI=1S/C13H16ClNOS/c1-17-12-7-3-2-6-11(12)13(16)15-8-4-5-10(15)9-14/h2-3,6-7,10H,4-5,8-9H2,1H3. The Morgan fingerprint density at radius 3 is 3.00 bits per heavy atom. The molecule has 2 nitrogen and oxygen atoms in total. The molecule has 2 rings (SSSR count). The van der Waals surface area contributed by atoms with Crippen molar-refractivity contribution in [3.05, 3.63) is 29.8 Å². The summed E-state index contributed by atoms with van der Waals surface area (Å²) in [7, 11) is 0. The van der Waals surface area contributed by atoms with Crippen molar-refractivity contribution in [1.82, 2.24) is 4.90 Å². The molecular weight excluding hydrogens is 254 g/mol. The molecule has 0 aromatic heterocycles. The third kappa shape index (κ3) is 2.61. The van der Waals surface area contributed by atoms with E-state index in [1.807, 2.05) is 35.4 Å². The second kappa shape index (κ2) is 5.78. The molecule has 1 aliphatic rings. The van der Waals surface area contributed by atoms with Gasteiger partial charge in [-0.2, -0.15) is 0 Å². The van der Waals surface area contributed by atoms with Gasteiger partial charge in [0.2, 0.25) is 0 Å². The number of hydrogen-bond donors (Lipinski definition) is 0. The third-order valence-corrected chi connectivity index (χ3v) is 4.31. The fraction of sp³-hybridized carbons (Fsp3) is 0.462. The molecule has 1 aliphatic heterocycles. The lowest BCUT2D eigenvalue weighted by Gasteiger charge is -2.23. The Hall–Kier alpha value is -0.670. The van der Waals surface area contributed by atoms with E-state index >= 15 is 0 Å². The highest BCUT2D eigenvalue weighted by Crippen LogP contribution is 2.26. The molecule has 1 saturated heterocycles. The predicted molar refractivity (Wildman–Crippen MR) is 73.0 cm³/mol. The molecule has 4 heteroatoms. The second-order valence-electron chi connectivity index (χ2n) is 4.15. The van der Waals surface area contributed by atoms with E-state index in [2.05, 4.69) is 0 Å². The van der Waals surface area contributed by atoms with Crippen LogP contribution >= 0.6 is 23.4 Å². The van der Waals surface area contributed by atoms with Gasteiger partial charge in [0, 0.05) is 23.4 Å². The van der Waals surface area contributed by atoms with Gasteiger partial charge in [-0.1, -0.05) is 12.1 Å². The van der Waals surface area contributed by atoms with Crippen molar-refractivity contribution in [2.24, 2.45) is 0 Å². The first-order valence-electron chi connectivity index (χ1n) is 5.78. The minimum atomic E-state index is 0.123. The Kier molecular flexibility index (Phi) is 4.35. The van der Waals surface area contributed by atoms with Crippen molar-refractivity contribution < 1.29 is 4.79 Å². The van der Waals surface area contributed by atoms with Crippen molar-refractivity contribution >= 4 is 29.3 Å². The van der Waals surface area contributed by atoms with Crippen LogP contribution in [-0.2, 0) is 0 Å². The van der Waals surface area contributed by atoms with Gasteiger partial charge in [0.25, 0.3) is 5.91 Å². The largest absolute Gasteiger partial charge is 0.334 e. The van der Waals surface area contributed by atoms with Crippen molar-refractivity contribution in [3.8, 4) is 0 Å². The van der Waals surface area contributed by atoms with Gasteiger partial charge in [0.05, 0.1) is 5.56 Å². The lowest BCUT2D eigenvalue weighted by atomic mass is 10.2. The Morgan fingerprint density at radius 2 is 2.29 bits per heavy atom. The van der Waals surface area contributed by atoms with E-state index in [9.17, 15) is 4.79 Å². The number of rotatable bonds is 3. The van der Waals surface area contributed by atoms with E-state index in [-0.39, 0.29) is 11.9 Å². The minimum Gasteiger partial charge on any atom is -0.334 e. The van der Waals surface area contributed by atoms with Crippen molar-refractivity contribution in [2.45, 2.75) is 23.8 Å². The molecule has 0 N–H and O–H groups in total. The lowest BCUT2D eigenvalue weighted by molar-refractivity contribution is 0.0745. The molecule has 1 fully saturated rings. The molecule has 0 aliphatic carbocycles. The first-order chi connectivity index (χ1) is 8.27. The number of carbonyl (C=O) groups excluding carboxylic acids is 1. The molecule has 17 heavy (non-hydrogen) atoms. The number of thioether (sulfide) groups is 1. The van der Waals surface area contributed by atoms with Gasteiger partial charge < -0.3 is 4.90 Å². The Morgan fingerprint density at radius 1 is 1.53 bits per heavy atom. The maximum absolute atomic E-state index is 12.4. The van der Waals surface area contributed by atoms with E-state index in [1.165, 1.54) is 0 Å². The molecular formula is C13H16ClNOS. The fourth-order valence-electron chi connectivity index (χ4n) is 2.24. The summed E-state index contributed by atoms with van der Waals surface area (Å²) < 4.78 is 0. The van der Waals surface area contributed by atoms with E-state index < -0.39 is 0 Å². The number of amides is 1. The van der Waals surface area contributed by atoms with Crippen LogP contribution in [0, 0.1) is 0 Å². The molecule has 0 radical (unpaired) electrons. The number of hydrogen-bond acceptors (Lipinski definition) is 2. The first kappa shape index (κ1) is 12.8. The molecule has 1 amide bonds. The van der Waals surface area contributed by atoms with Gasteiger partial charge in [-0.05, 0) is 31.2 Å². The summed E-state index contributed by atoms with van der Waals surface area (Å²) in [6, 6.07) is 7.98. The highest BCUT2D eigenvalue weighted by Gasteiger charge is 2.29. The molecule has 1 aromatic rings. The van der Waals surface area contributed by atoms with Crippen LogP contribution in [0.1, 0.15) is 23.2 Å². The van der Waals surface area contributed by atoms with Crippen LogP contribution < -0.4 is 0 Å². The smallest absolute Gasteiger partial charge is 0.255 e. The number of likely N-dealkylation sites (tertiary alicyclic amines) is 1. The second-order valence-corrected chi connectivity index (χ2v) is 5.31. The Balaban J connectivity index is 2.24. The van der Waals surface area contributed by atoms with Crippen LogP contribution in [0.3, 0.4) is 0 Å².